The monoisotopic (exact) mass is 457 g/mol. The molecule has 1 aromatic carbocycles. The van der Waals surface area contributed by atoms with Gasteiger partial charge in [-0.2, -0.15) is 0 Å². The number of carbonyl (C=O) groups excluding carboxylic acids is 3. The molecule has 10 heteroatoms. The zero-order chi connectivity index (χ0) is 24.0. The maximum atomic E-state index is 12.8. The van der Waals surface area contributed by atoms with E-state index in [0.717, 1.165) is 35.7 Å². The summed E-state index contributed by atoms with van der Waals surface area (Å²) in [6, 6.07) is 4.19. The van der Waals surface area contributed by atoms with Crippen molar-refractivity contribution in [1.29, 1.82) is 0 Å². The fourth-order valence-corrected chi connectivity index (χ4v) is 4.42. The van der Waals surface area contributed by atoms with Crippen LogP contribution in [-0.2, 0) is 25.6 Å². The van der Waals surface area contributed by atoms with Gasteiger partial charge in [0.1, 0.15) is 12.1 Å². The lowest BCUT2D eigenvalue weighted by Gasteiger charge is -2.29. The predicted octanol–water partition coefficient (Wildman–Crippen LogP) is 0.548. The molecule has 1 aromatic heterocycles. The number of nitrogens with two attached hydrogens (primary N) is 2. The zero-order valence-electron chi connectivity index (χ0n) is 18.4. The largest absolute Gasteiger partial charge is 0.480 e. The predicted molar refractivity (Wildman–Crippen MR) is 122 cm³/mol. The number of rotatable bonds is 10. The number of hydrogen-bond donors (Lipinski definition) is 6. The molecule has 0 bridgehead atoms. The minimum atomic E-state index is -1.31. The zero-order valence-corrected chi connectivity index (χ0v) is 18.4. The number of aromatic nitrogens is 1. The van der Waals surface area contributed by atoms with Crippen LogP contribution >= 0.6 is 0 Å². The fraction of sp³-hybridized carbons (Fsp3) is 0.478. The van der Waals surface area contributed by atoms with Crippen LogP contribution < -0.4 is 22.1 Å². The first-order valence-corrected chi connectivity index (χ1v) is 11.2. The van der Waals surface area contributed by atoms with Crippen molar-refractivity contribution in [3.05, 3.63) is 36.0 Å². The van der Waals surface area contributed by atoms with Crippen LogP contribution in [0.2, 0.25) is 0 Å². The Labute approximate surface area is 191 Å². The summed E-state index contributed by atoms with van der Waals surface area (Å²) in [6.07, 6.45) is 5.73. The summed E-state index contributed by atoms with van der Waals surface area (Å²) in [5.41, 5.74) is 13.1. The minimum absolute atomic E-state index is 0.200. The van der Waals surface area contributed by atoms with Crippen molar-refractivity contribution in [3.63, 3.8) is 0 Å². The first-order valence-electron chi connectivity index (χ1n) is 11.2. The molecule has 8 N–H and O–H groups in total. The van der Waals surface area contributed by atoms with E-state index in [1.807, 2.05) is 24.3 Å². The van der Waals surface area contributed by atoms with Gasteiger partial charge in [0.05, 0.1) is 12.5 Å². The number of amides is 3. The van der Waals surface area contributed by atoms with Crippen LogP contribution in [0.1, 0.15) is 44.1 Å². The Morgan fingerprint density at radius 3 is 2.42 bits per heavy atom. The molecular weight excluding hydrogens is 426 g/mol. The number of carboxylic acid groups (broad SMARTS) is 1. The molecule has 10 nitrogen and oxygen atoms in total. The molecule has 1 fully saturated rings. The van der Waals surface area contributed by atoms with Gasteiger partial charge in [0.15, 0.2) is 0 Å². The SMILES string of the molecule is NC(=O)C[C@H](NC(=O)[C@@H](N)Cc1c[nH]c2ccccc12)C(=O)N[C@H](C(=O)O)C1CCCCC1. The van der Waals surface area contributed by atoms with Gasteiger partial charge >= 0.3 is 5.97 Å². The minimum Gasteiger partial charge on any atom is -0.480 e. The number of aliphatic carboxylic acids is 1. The maximum Gasteiger partial charge on any atom is 0.326 e. The highest BCUT2D eigenvalue weighted by molar-refractivity contribution is 5.95. The molecule has 0 radical (unpaired) electrons. The molecule has 3 atom stereocenters. The lowest BCUT2D eigenvalue weighted by molar-refractivity contribution is -0.144. The van der Waals surface area contributed by atoms with E-state index in [0.29, 0.717) is 12.8 Å². The quantitative estimate of drug-likeness (QED) is 0.303. The van der Waals surface area contributed by atoms with E-state index in [1.165, 1.54) is 0 Å². The second-order valence-electron chi connectivity index (χ2n) is 8.62. The first-order chi connectivity index (χ1) is 15.8. The number of benzene rings is 1. The van der Waals surface area contributed by atoms with Gasteiger partial charge in [0.2, 0.25) is 17.7 Å². The summed E-state index contributed by atoms with van der Waals surface area (Å²) in [7, 11) is 0. The summed E-state index contributed by atoms with van der Waals surface area (Å²) in [4.78, 5) is 52.0. The van der Waals surface area contributed by atoms with Crippen LogP contribution in [0, 0.1) is 5.92 Å². The molecule has 1 aliphatic carbocycles. The molecule has 1 saturated carbocycles. The number of primary amides is 1. The molecule has 33 heavy (non-hydrogen) atoms. The summed E-state index contributed by atoms with van der Waals surface area (Å²) in [6.45, 7) is 0. The van der Waals surface area contributed by atoms with Crippen molar-refractivity contribution in [2.45, 2.75) is 63.1 Å². The molecule has 0 unspecified atom stereocenters. The second kappa shape index (κ2) is 11.0. The third kappa shape index (κ3) is 6.32. The van der Waals surface area contributed by atoms with E-state index in [2.05, 4.69) is 15.6 Å². The number of nitrogens with one attached hydrogen (secondary N) is 3. The highest BCUT2D eigenvalue weighted by atomic mass is 16.4. The van der Waals surface area contributed by atoms with Crippen molar-refractivity contribution in [1.82, 2.24) is 15.6 Å². The topological polar surface area (TPSA) is 180 Å². The Bertz CT molecular complexity index is 1010. The van der Waals surface area contributed by atoms with E-state index >= 15 is 0 Å². The van der Waals surface area contributed by atoms with Crippen LogP contribution in [0.5, 0.6) is 0 Å². The van der Waals surface area contributed by atoms with Crippen molar-refractivity contribution in [2.75, 3.05) is 0 Å². The van der Waals surface area contributed by atoms with Crippen LogP contribution in [0.25, 0.3) is 10.9 Å². The van der Waals surface area contributed by atoms with Crippen molar-refractivity contribution >= 4 is 34.6 Å². The molecule has 2 aromatic rings. The van der Waals surface area contributed by atoms with E-state index < -0.39 is 48.2 Å². The third-order valence-corrected chi connectivity index (χ3v) is 6.17. The highest BCUT2D eigenvalue weighted by Gasteiger charge is 2.34. The Kier molecular flexibility index (Phi) is 8.05. The third-order valence-electron chi connectivity index (χ3n) is 6.17. The van der Waals surface area contributed by atoms with Gasteiger partial charge < -0.3 is 32.2 Å². The number of fused-ring (bicyclic) bond motifs is 1. The van der Waals surface area contributed by atoms with Gasteiger partial charge in [-0.15, -0.1) is 0 Å². The van der Waals surface area contributed by atoms with Gasteiger partial charge in [-0.05, 0) is 36.8 Å². The average Bonchev–Trinajstić information content (AvgIpc) is 3.19. The Balaban J connectivity index is 1.66. The van der Waals surface area contributed by atoms with Crippen LogP contribution in [0.4, 0.5) is 0 Å². The number of H-pyrrole nitrogens is 1. The summed E-state index contributed by atoms with van der Waals surface area (Å²) < 4.78 is 0. The van der Waals surface area contributed by atoms with Crippen molar-refractivity contribution in [3.8, 4) is 0 Å². The van der Waals surface area contributed by atoms with Gasteiger partial charge in [0, 0.05) is 17.1 Å². The van der Waals surface area contributed by atoms with E-state index in [4.69, 9.17) is 11.5 Å². The lowest BCUT2D eigenvalue weighted by atomic mass is 9.83. The molecule has 0 spiro atoms. The molecule has 1 aliphatic rings. The van der Waals surface area contributed by atoms with Gasteiger partial charge in [-0.1, -0.05) is 37.5 Å². The Morgan fingerprint density at radius 2 is 1.76 bits per heavy atom. The Morgan fingerprint density at radius 1 is 1.06 bits per heavy atom. The van der Waals surface area contributed by atoms with E-state index in [1.54, 1.807) is 6.20 Å². The lowest BCUT2D eigenvalue weighted by Crippen LogP contribution is -2.57. The maximum absolute atomic E-state index is 12.8. The van der Waals surface area contributed by atoms with E-state index in [-0.39, 0.29) is 12.3 Å². The molecule has 0 aliphatic heterocycles. The first kappa shape index (κ1) is 24.2. The molecule has 178 valence electrons. The van der Waals surface area contributed by atoms with Crippen molar-refractivity contribution in [2.24, 2.45) is 17.4 Å². The smallest absolute Gasteiger partial charge is 0.326 e. The summed E-state index contributed by atoms with van der Waals surface area (Å²) >= 11 is 0. The van der Waals surface area contributed by atoms with Crippen LogP contribution in [-0.4, -0.2) is 51.9 Å². The van der Waals surface area contributed by atoms with E-state index in [9.17, 15) is 24.3 Å². The number of carboxylic acids is 1. The van der Waals surface area contributed by atoms with Gasteiger partial charge in [-0.3, -0.25) is 14.4 Å². The van der Waals surface area contributed by atoms with Gasteiger partial charge in [-0.25, -0.2) is 4.79 Å². The second-order valence-corrected chi connectivity index (χ2v) is 8.62. The average molecular weight is 458 g/mol. The fourth-order valence-electron chi connectivity index (χ4n) is 4.42. The number of para-hydroxylation sites is 1. The van der Waals surface area contributed by atoms with Crippen molar-refractivity contribution < 1.29 is 24.3 Å². The molecule has 1 heterocycles. The molecular formula is C23H31N5O5. The molecule has 3 amide bonds. The molecule has 3 rings (SSSR count). The Hall–Kier alpha value is -3.40. The summed E-state index contributed by atoms with van der Waals surface area (Å²) in [5.74, 6) is -3.54. The van der Waals surface area contributed by atoms with Crippen LogP contribution in [0.15, 0.2) is 30.5 Å². The standard InChI is InChI=1S/C23H31N5O5/c24-16(10-14-12-26-17-9-5-4-8-15(14)17)21(30)27-18(11-19(25)29)22(31)28-20(23(32)33)13-6-2-1-3-7-13/h4-5,8-9,12-13,16,18,20,26H,1-3,6-7,10-11,24H2,(H2,25,29)(H,27,30)(H,28,31)(H,32,33)/t16-,18-,20-/m0/s1. The molecule has 0 saturated heterocycles. The summed E-state index contributed by atoms with van der Waals surface area (Å²) in [5, 5.41) is 15.5. The van der Waals surface area contributed by atoms with Crippen LogP contribution in [0.3, 0.4) is 0 Å². The number of carbonyl (C=O) groups is 4. The highest BCUT2D eigenvalue weighted by Crippen LogP contribution is 2.26. The number of aromatic amines is 1. The van der Waals surface area contributed by atoms with Gasteiger partial charge in [0.25, 0.3) is 0 Å². The number of hydrogen-bond acceptors (Lipinski definition) is 5. The normalized spacial score (nSPS) is 17.1.